The van der Waals surface area contributed by atoms with Gasteiger partial charge < -0.3 is 19.5 Å². The number of anilines is 1. The van der Waals surface area contributed by atoms with Crippen molar-refractivity contribution in [2.24, 2.45) is 0 Å². The molecule has 0 atom stereocenters. The van der Waals surface area contributed by atoms with Crippen LogP contribution in [0.25, 0.3) is 0 Å². The van der Waals surface area contributed by atoms with Crippen LogP contribution in [0.3, 0.4) is 0 Å². The highest BCUT2D eigenvalue weighted by atomic mass is 16.6. The van der Waals surface area contributed by atoms with E-state index in [2.05, 4.69) is 5.32 Å². The number of benzene rings is 2. The fourth-order valence-corrected chi connectivity index (χ4v) is 2.14. The summed E-state index contributed by atoms with van der Waals surface area (Å²) in [5.41, 5.74) is 0.933. The van der Waals surface area contributed by atoms with Gasteiger partial charge in [0.25, 0.3) is 5.91 Å². The molecule has 7 heteroatoms. The van der Waals surface area contributed by atoms with E-state index in [4.69, 9.17) is 14.2 Å². The first kappa shape index (κ1) is 20.0. The van der Waals surface area contributed by atoms with Crippen LogP contribution < -0.4 is 14.8 Å². The molecule has 0 aliphatic rings. The Balaban J connectivity index is 1.73. The maximum atomic E-state index is 11.8. The Bertz CT molecular complexity index is 800. The smallest absolute Gasteiger partial charge is 0.344 e. The molecule has 142 valence electrons. The maximum absolute atomic E-state index is 11.8. The first-order valence-electron chi connectivity index (χ1n) is 8.40. The molecule has 0 bridgehead atoms. The van der Waals surface area contributed by atoms with E-state index in [1.165, 1.54) is 6.92 Å². The van der Waals surface area contributed by atoms with Crippen LogP contribution in [0, 0.1) is 0 Å². The number of hydrogen-bond acceptors (Lipinski definition) is 6. The van der Waals surface area contributed by atoms with Crippen molar-refractivity contribution in [2.75, 3.05) is 25.1 Å². The second kappa shape index (κ2) is 9.96. The number of carbonyl (C=O) groups is 3. The predicted octanol–water partition coefficient (Wildman–Crippen LogP) is 2.85. The molecule has 0 saturated carbocycles. The van der Waals surface area contributed by atoms with Crippen LogP contribution >= 0.6 is 0 Å². The molecule has 2 aromatic carbocycles. The van der Waals surface area contributed by atoms with Crippen molar-refractivity contribution >= 4 is 23.3 Å². The summed E-state index contributed by atoms with van der Waals surface area (Å²) in [7, 11) is 0. The lowest BCUT2D eigenvalue weighted by Crippen LogP contribution is -2.23. The van der Waals surface area contributed by atoms with Crippen molar-refractivity contribution in [3.05, 3.63) is 54.1 Å². The van der Waals surface area contributed by atoms with Crippen LogP contribution in [0.1, 0.15) is 24.2 Å². The monoisotopic (exact) mass is 371 g/mol. The van der Waals surface area contributed by atoms with Gasteiger partial charge in [-0.1, -0.05) is 12.1 Å². The number of Topliss-reactive ketones (excluding diaryl/α,β-unsaturated/α-hetero) is 1. The standard InChI is InChI=1S/C20H21NO6/c1-3-25-17-7-9-18(10-8-17)26-13-20(24)27-12-19(23)21-16-6-4-5-15(11-16)14(2)22/h4-11H,3,12-13H2,1-2H3,(H,21,23). The van der Waals surface area contributed by atoms with Gasteiger partial charge >= 0.3 is 5.97 Å². The minimum atomic E-state index is -0.670. The van der Waals surface area contributed by atoms with E-state index >= 15 is 0 Å². The molecule has 0 aliphatic carbocycles. The molecule has 7 nitrogen and oxygen atoms in total. The highest BCUT2D eigenvalue weighted by Crippen LogP contribution is 2.17. The fraction of sp³-hybridized carbons (Fsp3) is 0.250. The SMILES string of the molecule is CCOc1ccc(OCC(=O)OCC(=O)Nc2cccc(C(C)=O)c2)cc1. The lowest BCUT2D eigenvalue weighted by atomic mass is 10.1. The first-order chi connectivity index (χ1) is 13.0. The van der Waals surface area contributed by atoms with E-state index in [1.807, 2.05) is 6.92 Å². The van der Waals surface area contributed by atoms with Crippen LogP contribution in [0.5, 0.6) is 11.5 Å². The van der Waals surface area contributed by atoms with E-state index in [0.717, 1.165) is 0 Å². The molecule has 2 aromatic rings. The van der Waals surface area contributed by atoms with Crippen molar-refractivity contribution in [3.63, 3.8) is 0 Å². The van der Waals surface area contributed by atoms with Gasteiger partial charge in [-0.05, 0) is 50.2 Å². The number of rotatable bonds is 9. The van der Waals surface area contributed by atoms with Crippen molar-refractivity contribution in [1.82, 2.24) is 0 Å². The van der Waals surface area contributed by atoms with Gasteiger partial charge in [-0.2, -0.15) is 0 Å². The van der Waals surface area contributed by atoms with Crippen molar-refractivity contribution in [2.45, 2.75) is 13.8 Å². The van der Waals surface area contributed by atoms with Gasteiger partial charge in [-0.15, -0.1) is 0 Å². The fourth-order valence-electron chi connectivity index (χ4n) is 2.14. The minimum absolute atomic E-state index is 0.107. The largest absolute Gasteiger partial charge is 0.494 e. The van der Waals surface area contributed by atoms with Gasteiger partial charge in [0.2, 0.25) is 0 Å². The minimum Gasteiger partial charge on any atom is -0.494 e. The molecular weight excluding hydrogens is 350 g/mol. The molecule has 0 unspecified atom stereocenters. The number of ether oxygens (including phenoxy) is 3. The lowest BCUT2D eigenvalue weighted by Gasteiger charge is -2.09. The molecule has 0 fully saturated rings. The zero-order valence-electron chi connectivity index (χ0n) is 15.2. The number of esters is 1. The number of amides is 1. The third-order valence-corrected chi connectivity index (χ3v) is 3.41. The van der Waals surface area contributed by atoms with Crippen molar-refractivity contribution < 1.29 is 28.6 Å². The summed E-state index contributed by atoms with van der Waals surface area (Å²) >= 11 is 0. The Morgan fingerprint density at radius 3 is 2.22 bits per heavy atom. The van der Waals surface area contributed by atoms with Gasteiger partial charge in [-0.25, -0.2) is 4.79 Å². The van der Waals surface area contributed by atoms with Crippen LogP contribution in [-0.4, -0.2) is 37.5 Å². The molecule has 0 aromatic heterocycles. The van der Waals surface area contributed by atoms with E-state index in [0.29, 0.717) is 29.4 Å². The summed E-state index contributed by atoms with van der Waals surface area (Å²) in [5, 5.41) is 2.56. The van der Waals surface area contributed by atoms with Gasteiger partial charge in [-0.3, -0.25) is 9.59 Å². The average molecular weight is 371 g/mol. The maximum Gasteiger partial charge on any atom is 0.344 e. The van der Waals surface area contributed by atoms with Crippen molar-refractivity contribution in [3.8, 4) is 11.5 Å². The number of carbonyl (C=O) groups excluding carboxylic acids is 3. The third kappa shape index (κ3) is 6.81. The summed E-state index contributed by atoms with van der Waals surface area (Å²) in [5.74, 6) is -0.0931. The van der Waals surface area contributed by atoms with Gasteiger partial charge in [0.1, 0.15) is 11.5 Å². The van der Waals surface area contributed by atoms with E-state index in [1.54, 1.807) is 48.5 Å². The number of hydrogen-bond donors (Lipinski definition) is 1. The van der Waals surface area contributed by atoms with Gasteiger partial charge in [0, 0.05) is 11.3 Å². The number of ketones is 1. The second-order valence-electron chi connectivity index (χ2n) is 5.54. The average Bonchev–Trinajstić information content (AvgIpc) is 2.66. The lowest BCUT2D eigenvalue weighted by molar-refractivity contribution is -0.149. The molecule has 0 saturated heterocycles. The Morgan fingerprint density at radius 1 is 0.926 bits per heavy atom. The van der Waals surface area contributed by atoms with Gasteiger partial charge in [0.05, 0.1) is 6.61 Å². The molecule has 1 amide bonds. The Labute approximate surface area is 157 Å². The zero-order chi connectivity index (χ0) is 19.6. The quantitative estimate of drug-likeness (QED) is 0.538. The normalized spacial score (nSPS) is 10.0. The molecule has 0 radical (unpaired) electrons. The van der Waals surface area contributed by atoms with Crippen LogP contribution in [0.2, 0.25) is 0 Å². The van der Waals surface area contributed by atoms with Gasteiger partial charge in [0.15, 0.2) is 19.0 Å². The Hall–Kier alpha value is -3.35. The van der Waals surface area contributed by atoms with E-state index in [-0.39, 0.29) is 12.4 Å². The molecule has 0 aliphatic heterocycles. The van der Waals surface area contributed by atoms with Crippen LogP contribution in [-0.2, 0) is 14.3 Å². The summed E-state index contributed by atoms with van der Waals surface area (Å²) in [6.45, 7) is 3.12. The Morgan fingerprint density at radius 2 is 1.59 bits per heavy atom. The highest BCUT2D eigenvalue weighted by Gasteiger charge is 2.10. The molecule has 0 spiro atoms. The summed E-state index contributed by atoms with van der Waals surface area (Å²) in [6.07, 6.45) is 0. The highest BCUT2D eigenvalue weighted by molar-refractivity contribution is 5.97. The second-order valence-corrected chi connectivity index (χ2v) is 5.54. The summed E-state index contributed by atoms with van der Waals surface area (Å²) < 4.78 is 15.5. The summed E-state index contributed by atoms with van der Waals surface area (Å²) in [6, 6.07) is 13.3. The van der Waals surface area contributed by atoms with Crippen molar-refractivity contribution in [1.29, 1.82) is 0 Å². The van der Waals surface area contributed by atoms with Crippen LogP contribution in [0.4, 0.5) is 5.69 Å². The molecule has 1 N–H and O–H groups in total. The zero-order valence-corrected chi connectivity index (χ0v) is 15.2. The predicted molar refractivity (Wildman–Crippen MR) is 99.1 cm³/mol. The Kier molecular flexibility index (Phi) is 7.37. The molecule has 27 heavy (non-hydrogen) atoms. The molecular formula is C20H21NO6. The third-order valence-electron chi connectivity index (χ3n) is 3.41. The van der Waals surface area contributed by atoms with E-state index < -0.39 is 18.5 Å². The molecule has 0 heterocycles. The topological polar surface area (TPSA) is 90.9 Å². The molecule has 2 rings (SSSR count). The first-order valence-corrected chi connectivity index (χ1v) is 8.40. The summed E-state index contributed by atoms with van der Waals surface area (Å²) in [4.78, 5) is 34.9. The van der Waals surface area contributed by atoms with E-state index in [9.17, 15) is 14.4 Å². The van der Waals surface area contributed by atoms with Crippen LogP contribution in [0.15, 0.2) is 48.5 Å². The number of nitrogens with one attached hydrogen (secondary N) is 1.